The Morgan fingerprint density at radius 2 is 2.00 bits per heavy atom. The van der Waals surface area contributed by atoms with Crippen LogP contribution in [0.5, 0.6) is 5.88 Å². The van der Waals surface area contributed by atoms with E-state index in [2.05, 4.69) is 10.3 Å². The maximum Gasteiger partial charge on any atom is 0.257 e. The van der Waals surface area contributed by atoms with Crippen LogP contribution in [0.2, 0.25) is 5.02 Å². The highest BCUT2D eigenvalue weighted by Crippen LogP contribution is 2.22. The Kier molecular flexibility index (Phi) is 4.30. The minimum absolute atomic E-state index is 0.295. The lowest BCUT2D eigenvalue weighted by Crippen LogP contribution is -2.13. The topological polar surface area (TPSA) is 56.1 Å². The monoisotopic (exact) mass is 327 g/mol. The molecule has 1 N–H and O–H groups in total. The molecule has 3 aromatic rings. The van der Waals surface area contributed by atoms with Gasteiger partial charge >= 0.3 is 0 Å². The molecule has 1 aromatic carbocycles. The lowest BCUT2D eigenvalue weighted by atomic mass is 10.1. The summed E-state index contributed by atoms with van der Waals surface area (Å²) < 4.78 is 6.89. The van der Waals surface area contributed by atoms with Gasteiger partial charge in [0.1, 0.15) is 0 Å². The summed E-state index contributed by atoms with van der Waals surface area (Å²) in [6.07, 6.45) is 5.33. The molecule has 0 saturated carbocycles. The molecule has 3 rings (SSSR count). The number of aromatic nitrogens is 2. The standard InChI is InChI=1S/C17H14ClN3O2/c1-23-16-7-4-12(11-19-16)20-17(22)14-10-13(5-6-15(14)18)21-8-2-3-9-21/h2-11H,1H3,(H,20,22). The van der Waals surface area contributed by atoms with Gasteiger partial charge < -0.3 is 14.6 Å². The summed E-state index contributed by atoms with van der Waals surface area (Å²) in [5.41, 5.74) is 1.82. The third-order valence-electron chi connectivity index (χ3n) is 3.30. The predicted octanol–water partition coefficient (Wildman–Crippen LogP) is 3.79. The molecule has 6 heteroatoms. The highest BCUT2D eigenvalue weighted by molar-refractivity contribution is 6.34. The lowest BCUT2D eigenvalue weighted by molar-refractivity contribution is 0.102. The first-order valence-electron chi connectivity index (χ1n) is 6.91. The van der Waals surface area contributed by atoms with Crippen molar-refractivity contribution in [2.45, 2.75) is 0 Å². The van der Waals surface area contributed by atoms with E-state index in [1.165, 1.54) is 13.3 Å². The molecule has 0 unspecified atom stereocenters. The van der Waals surface area contributed by atoms with Crippen molar-refractivity contribution in [3.8, 4) is 11.6 Å². The van der Waals surface area contributed by atoms with Crippen molar-refractivity contribution in [1.82, 2.24) is 9.55 Å². The van der Waals surface area contributed by atoms with E-state index in [-0.39, 0.29) is 5.91 Å². The van der Waals surface area contributed by atoms with Crippen molar-refractivity contribution in [3.63, 3.8) is 0 Å². The molecule has 0 radical (unpaired) electrons. The highest BCUT2D eigenvalue weighted by Gasteiger charge is 2.12. The Balaban J connectivity index is 1.85. The van der Waals surface area contributed by atoms with Crippen LogP contribution in [0.15, 0.2) is 61.1 Å². The van der Waals surface area contributed by atoms with Gasteiger partial charge in [-0.25, -0.2) is 4.98 Å². The molecule has 5 nitrogen and oxygen atoms in total. The fraction of sp³-hybridized carbons (Fsp3) is 0.0588. The minimum Gasteiger partial charge on any atom is -0.481 e. The largest absolute Gasteiger partial charge is 0.481 e. The Morgan fingerprint density at radius 1 is 1.22 bits per heavy atom. The van der Waals surface area contributed by atoms with Crippen LogP contribution in [0.4, 0.5) is 5.69 Å². The first-order valence-corrected chi connectivity index (χ1v) is 7.29. The summed E-state index contributed by atoms with van der Waals surface area (Å²) in [4.78, 5) is 16.5. The second-order valence-electron chi connectivity index (χ2n) is 4.80. The fourth-order valence-corrected chi connectivity index (χ4v) is 2.33. The zero-order valence-electron chi connectivity index (χ0n) is 12.4. The number of methoxy groups -OCH3 is 1. The number of carbonyl (C=O) groups excluding carboxylic acids is 1. The molecule has 1 amide bonds. The van der Waals surface area contributed by atoms with Gasteiger partial charge in [-0.3, -0.25) is 4.79 Å². The molecule has 0 atom stereocenters. The summed E-state index contributed by atoms with van der Waals surface area (Å²) in [6, 6.07) is 12.5. The third kappa shape index (κ3) is 3.35. The molecule has 2 aromatic heterocycles. The van der Waals surface area contributed by atoms with E-state index in [0.29, 0.717) is 22.2 Å². The summed E-state index contributed by atoms with van der Waals surface area (Å²) in [7, 11) is 1.53. The van der Waals surface area contributed by atoms with Crippen LogP contribution in [-0.4, -0.2) is 22.6 Å². The van der Waals surface area contributed by atoms with Gasteiger partial charge in [-0.1, -0.05) is 11.6 Å². The molecule has 0 aliphatic heterocycles. The Morgan fingerprint density at radius 3 is 2.65 bits per heavy atom. The van der Waals surface area contributed by atoms with Crippen molar-refractivity contribution >= 4 is 23.2 Å². The highest BCUT2D eigenvalue weighted by atomic mass is 35.5. The van der Waals surface area contributed by atoms with Gasteiger partial charge in [0.15, 0.2) is 0 Å². The van der Waals surface area contributed by atoms with Crippen LogP contribution in [0.1, 0.15) is 10.4 Å². The van der Waals surface area contributed by atoms with Gasteiger partial charge in [-0.05, 0) is 36.4 Å². The zero-order chi connectivity index (χ0) is 16.2. The number of anilines is 1. The van der Waals surface area contributed by atoms with Gasteiger partial charge in [0, 0.05) is 24.1 Å². The van der Waals surface area contributed by atoms with E-state index in [1.54, 1.807) is 24.3 Å². The van der Waals surface area contributed by atoms with E-state index in [4.69, 9.17) is 16.3 Å². The zero-order valence-corrected chi connectivity index (χ0v) is 13.1. The average molecular weight is 328 g/mol. The van der Waals surface area contributed by atoms with Crippen molar-refractivity contribution < 1.29 is 9.53 Å². The summed E-state index contributed by atoms with van der Waals surface area (Å²) in [6.45, 7) is 0. The first-order chi connectivity index (χ1) is 11.2. The van der Waals surface area contributed by atoms with Gasteiger partial charge in [-0.2, -0.15) is 0 Å². The molecule has 0 aliphatic carbocycles. The number of pyridine rings is 1. The van der Waals surface area contributed by atoms with Crippen LogP contribution < -0.4 is 10.1 Å². The van der Waals surface area contributed by atoms with Crippen LogP contribution in [0.25, 0.3) is 5.69 Å². The molecule has 0 saturated heterocycles. The van der Waals surface area contributed by atoms with Crippen molar-refractivity contribution in [2.75, 3.05) is 12.4 Å². The van der Waals surface area contributed by atoms with Crippen molar-refractivity contribution in [1.29, 1.82) is 0 Å². The number of rotatable bonds is 4. The van der Waals surface area contributed by atoms with Gasteiger partial charge in [0.2, 0.25) is 5.88 Å². The Hall–Kier alpha value is -2.79. The van der Waals surface area contributed by atoms with Gasteiger partial charge in [0.25, 0.3) is 5.91 Å². The molecule has 0 bridgehead atoms. The summed E-state index contributed by atoms with van der Waals surface area (Å²) in [5, 5.41) is 3.16. The maximum atomic E-state index is 12.4. The van der Waals surface area contributed by atoms with E-state index in [1.807, 2.05) is 35.2 Å². The predicted molar refractivity (Wildman–Crippen MR) is 89.5 cm³/mol. The molecule has 23 heavy (non-hydrogen) atoms. The average Bonchev–Trinajstić information content (AvgIpc) is 3.10. The number of hydrogen-bond acceptors (Lipinski definition) is 3. The molecule has 0 aliphatic rings. The SMILES string of the molecule is COc1ccc(NC(=O)c2cc(-n3cccc3)ccc2Cl)cn1. The van der Waals surface area contributed by atoms with Crippen LogP contribution in [0, 0.1) is 0 Å². The lowest BCUT2D eigenvalue weighted by Gasteiger charge is -2.10. The maximum absolute atomic E-state index is 12.4. The number of hydrogen-bond donors (Lipinski definition) is 1. The Bertz CT molecular complexity index is 814. The third-order valence-corrected chi connectivity index (χ3v) is 3.63. The van der Waals surface area contributed by atoms with Crippen LogP contribution in [0.3, 0.4) is 0 Å². The first kappa shape index (κ1) is 15.1. The van der Waals surface area contributed by atoms with Gasteiger partial charge in [0.05, 0.1) is 29.6 Å². The number of ether oxygens (including phenoxy) is 1. The molecule has 116 valence electrons. The van der Waals surface area contributed by atoms with E-state index < -0.39 is 0 Å². The second-order valence-corrected chi connectivity index (χ2v) is 5.21. The normalized spacial score (nSPS) is 10.3. The molecule has 0 spiro atoms. The Labute approximate surface area is 138 Å². The number of benzene rings is 1. The molecular formula is C17H14ClN3O2. The van der Waals surface area contributed by atoms with Crippen molar-refractivity contribution in [2.24, 2.45) is 0 Å². The number of carbonyl (C=O) groups is 1. The van der Waals surface area contributed by atoms with E-state index in [0.717, 1.165) is 5.69 Å². The fourth-order valence-electron chi connectivity index (χ4n) is 2.13. The number of halogens is 1. The van der Waals surface area contributed by atoms with E-state index in [9.17, 15) is 4.79 Å². The summed E-state index contributed by atoms with van der Waals surface area (Å²) in [5.74, 6) is 0.187. The number of nitrogens with one attached hydrogen (secondary N) is 1. The molecular weight excluding hydrogens is 314 g/mol. The minimum atomic E-state index is -0.295. The molecule has 2 heterocycles. The second kappa shape index (κ2) is 6.54. The number of nitrogens with zero attached hydrogens (tertiary/aromatic N) is 2. The number of amides is 1. The quantitative estimate of drug-likeness (QED) is 0.793. The van der Waals surface area contributed by atoms with Crippen molar-refractivity contribution in [3.05, 3.63) is 71.6 Å². The van der Waals surface area contributed by atoms with E-state index >= 15 is 0 Å². The smallest absolute Gasteiger partial charge is 0.257 e. The molecule has 0 fully saturated rings. The summed E-state index contributed by atoms with van der Waals surface area (Å²) >= 11 is 6.16. The van der Waals surface area contributed by atoms with Crippen LogP contribution >= 0.6 is 11.6 Å². The van der Waals surface area contributed by atoms with Crippen LogP contribution in [-0.2, 0) is 0 Å². The van der Waals surface area contributed by atoms with Gasteiger partial charge in [-0.15, -0.1) is 0 Å².